The van der Waals surface area contributed by atoms with Crippen LogP contribution in [0.1, 0.15) is 19.4 Å². The van der Waals surface area contributed by atoms with Crippen LogP contribution in [0.3, 0.4) is 0 Å². The summed E-state index contributed by atoms with van der Waals surface area (Å²) in [6.07, 6.45) is 2.96. The number of nitrogens with zero attached hydrogens (tertiary/aromatic N) is 3. The Morgan fingerprint density at radius 3 is 2.77 bits per heavy atom. The highest BCUT2D eigenvalue weighted by molar-refractivity contribution is 5.97. The normalized spacial score (nSPS) is 16.1. The van der Waals surface area contributed by atoms with Gasteiger partial charge in [-0.15, -0.1) is 0 Å². The van der Waals surface area contributed by atoms with Gasteiger partial charge >= 0.3 is 0 Å². The fourth-order valence-corrected chi connectivity index (χ4v) is 3.63. The lowest BCUT2D eigenvalue weighted by atomic mass is 10.00. The number of carbonyl (C=O) groups excluding carboxylic acids is 1. The Labute approximate surface area is 180 Å². The molecule has 3 aromatic rings. The zero-order valence-corrected chi connectivity index (χ0v) is 17.5. The molecule has 1 fully saturated rings. The average Bonchev–Trinajstić information content (AvgIpc) is 3.27. The summed E-state index contributed by atoms with van der Waals surface area (Å²) < 4.78 is 5.58. The minimum atomic E-state index is -0.119. The molecular weight excluding hydrogens is 394 g/mol. The number of amides is 1. The number of morpholine rings is 1. The number of benzene rings is 1. The maximum Gasteiger partial charge on any atom is 0.221 e. The maximum atomic E-state index is 11.3. The second-order valence-electron chi connectivity index (χ2n) is 7.41. The molecule has 1 saturated heterocycles. The van der Waals surface area contributed by atoms with Crippen molar-refractivity contribution >= 4 is 35.3 Å². The lowest BCUT2D eigenvalue weighted by Crippen LogP contribution is -2.44. The summed E-state index contributed by atoms with van der Waals surface area (Å²) >= 11 is 0. The van der Waals surface area contributed by atoms with E-state index in [4.69, 9.17) is 15.1 Å². The number of anilines is 4. The number of ether oxygens (including phenoxy) is 1. The Morgan fingerprint density at radius 2 is 2.13 bits per heavy atom. The van der Waals surface area contributed by atoms with Crippen molar-refractivity contribution in [3.05, 3.63) is 48.2 Å². The summed E-state index contributed by atoms with van der Waals surface area (Å²) in [6, 6.07) is 11.6. The summed E-state index contributed by atoms with van der Waals surface area (Å²) in [5.41, 5.74) is 3.17. The van der Waals surface area contributed by atoms with E-state index >= 15 is 0 Å². The van der Waals surface area contributed by atoms with Crippen molar-refractivity contribution in [1.29, 1.82) is 5.41 Å². The van der Waals surface area contributed by atoms with Crippen molar-refractivity contribution in [3.63, 3.8) is 0 Å². The first kappa shape index (κ1) is 20.5. The number of hydrogen-bond acceptors (Lipinski definition) is 7. The van der Waals surface area contributed by atoms with Crippen molar-refractivity contribution < 1.29 is 9.53 Å². The molecule has 9 heteroatoms. The van der Waals surface area contributed by atoms with E-state index in [0.717, 1.165) is 29.2 Å². The van der Waals surface area contributed by atoms with Crippen molar-refractivity contribution in [2.24, 2.45) is 0 Å². The Balaban J connectivity index is 1.80. The van der Waals surface area contributed by atoms with E-state index in [1.807, 2.05) is 30.3 Å². The highest BCUT2D eigenvalue weighted by Crippen LogP contribution is 2.33. The van der Waals surface area contributed by atoms with E-state index < -0.39 is 0 Å². The first-order chi connectivity index (χ1) is 15.0. The predicted molar refractivity (Wildman–Crippen MR) is 121 cm³/mol. The molecular formula is C22H25N7O2. The van der Waals surface area contributed by atoms with E-state index in [-0.39, 0.29) is 11.9 Å². The van der Waals surface area contributed by atoms with E-state index in [2.05, 4.69) is 32.7 Å². The molecule has 31 heavy (non-hydrogen) atoms. The van der Waals surface area contributed by atoms with Crippen LogP contribution in [0.15, 0.2) is 42.6 Å². The molecule has 1 aromatic carbocycles. The number of nitrogens with one attached hydrogen (secondary N) is 4. The SMILES string of the molecule is CC(=O)Nc1ccc(-c2cc(N3CCOC[C@H]3C)nc(Nc3ccn[nH]3)c2C=N)cc1. The van der Waals surface area contributed by atoms with Gasteiger partial charge in [-0.3, -0.25) is 9.89 Å². The molecule has 3 heterocycles. The molecule has 0 spiro atoms. The Bertz CT molecular complexity index is 1060. The van der Waals surface area contributed by atoms with Gasteiger partial charge in [0.25, 0.3) is 0 Å². The number of carbonyl (C=O) groups is 1. The molecule has 4 N–H and O–H groups in total. The zero-order chi connectivity index (χ0) is 21.8. The monoisotopic (exact) mass is 419 g/mol. The van der Waals surface area contributed by atoms with Gasteiger partial charge in [-0.2, -0.15) is 5.10 Å². The van der Waals surface area contributed by atoms with Gasteiger partial charge in [0.05, 0.1) is 25.5 Å². The van der Waals surface area contributed by atoms with Gasteiger partial charge in [0.2, 0.25) is 5.91 Å². The topological polar surface area (TPSA) is 119 Å². The molecule has 0 aliphatic carbocycles. The predicted octanol–water partition coefficient (Wildman–Crippen LogP) is 3.40. The smallest absolute Gasteiger partial charge is 0.221 e. The van der Waals surface area contributed by atoms with E-state index in [9.17, 15) is 4.79 Å². The Kier molecular flexibility index (Phi) is 5.94. The zero-order valence-electron chi connectivity index (χ0n) is 17.5. The van der Waals surface area contributed by atoms with Crippen molar-refractivity contribution in [2.75, 3.05) is 35.3 Å². The molecule has 1 atom stereocenters. The molecule has 9 nitrogen and oxygen atoms in total. The van der Waals surface area contributed by atoms with E-state index in [1.165, 1.54) is 13.1 Å². The minimum absolute atomic E-state index is 0.119. The number of rotatable bonds is 6. The molecule has 160 valence electrons. The van der Waals surface area contributed by atoms with Crippen LogP contribution in [0.25, 0.3) is 11.1 Å². The second-order valence-corrected chi connectivity index (χ2v) is 7.41. The van der Waals surface area contributed by atoms with Crippen LogP contribution in [0.4, 0.5) is 23.1 Å². The van der Waals surface area contributed by atoms with Gasteiger partial charge in [-0.05, 0) is 36.2 Å². The molecule has 0 radical (unpaired) electrons. The van der Waals surface area contributed by atoms with Gasteiger partial charge < -0.3 is 25.7 Å². The average molecular weight is 419 g/mol. The molecule has 0 bridgehead atoms. The first-order valence-corrected chi connectivity index (χ1v) is 10.1. The standard InChI is InChI=1S/C22H25N7O2/c1-14-13-31-10-9-29(14)21-11-18(16-3-5-17(6-4-16)25-15(2)30)19(12-23)22(27-21)26-20-7-8-24-28-20/h3-8,11-12,14,23H,9-10,13H2,1-2H3,(H,25,30)(H2,24,26,27,28)/t14-/m1/s1. The highest BCUT2D eigenvalue weighted by atomic mass is 16.5. The van der Waals surface area contributed by atoms with Gasteiger partial charge in [-0.25, -0.2) is 4.98 Å². The van der Waals surface area contributed by atoms with E-state index in [0.29, 0.717) is 30.4 Å². The summed E-state index contributed by atoms with van der Waals surface area (Å²) in [5.74, 6) is 1.95. The van der Waals surface area contributed by atoms with Crippen molar-refractivity contribution in [2.45, 2.75) is 19.9 Å². The molecule has 4 rings (SSSR count). The van der Waals surface area contributed by atoms with Gasteiger partial charge in [0.1, 0.15) is 17.5 Å². The highest BCUT2D eigenvalue weighted by Gasteiger charge is 2.23. The fraction of sp³-hybridized carbons (Fsp3) is 0.273. The quantitative estimate of drug-likeness (QED) is 0.455. The summed E-state index contributed by atoms with van der Waals surface area (Å²) in [7, 11) is 0. The van der Waals surface area contributed by atoms with Gasteiger partial charge in [0.15, 0.2) is 0 Å². The van der Waals surface area contributed by atoms with Crippen LogP contribution in [0, 0.1) is 5.41 Å². The Morgan fingerprint density at radius 1 is 1.32 bits per heavy atom. The summed E-state index contributed by atoms with van der Waals surface area (Å²) in [5, 5.41) is 21.0. The van der Waals surface area contributed by atoms with Crippen LogP contribution in [0.5, 0.6) is 0 Å². The van der Waals surface area contributed by atoms with E-state index in [1.54, 1.807) is 12.3 Å². The molecule has 0 unspecified atom stereocenters. The molecule has 2 aromatic heterocycles. The number of aromatic nitrogens is 3. The maximum absolute atomic E-state index is 11.3. The van der Waals surface area contributed by atoms with Crippen LogP contribution in [0.2, 0.25) is 0 Å². The molecule has 1 amide bonds. The molecule has 1 aliphatic rings. The number of hydrogen-bond donors (Lipinski definition) is 4. The fourth-order valence-electron chi connectivity index (χ4n) is 3.63. The Hall–Kier alpha value is -3.72. The molecule has 1 aliphatic heterocycles. The second kappa shape index (κ2) is 8.97. The minimum Gasteiger partial charge on any atom is -0.377 e. The third-order valence-corrected chi connectivity index (χ3v) is 5.12. The van der Waals surface area contributed by atoms with Crippen LogP contribution in [-0.4, -0.2) is 53.1 Å². The third kappa shape index (κ3) is 4.56. The van der Waals surface area contributed by atoms with Crippen LogP contribution in [-0.2, 0) is 9.53 Å². The lowest BCUT2D eigenvalue weighted by Gasteiger charge is -2.35. The van der Waals surface area contributed by atoms with Gasteiger partial charge in [0, 0.05) is 37.0 Å². The first-order valence-electron chi connectivity index (χ1n) is 10.1. The van der Waals surface area contributed by atoms with Crippen LogP contribution >= 0.6 is 0 Å². The molecule has 0 saturated carbocycles. The lowest BCUT2D eigenvalue weighted by molar-refractivity contribution is -0.114. The summed E-state index contributed by atoms with van der Waals surface area (Å²) in [6.45, 7) is 5.60. The van der Waals surface area contributed by atoms with Crippen LogP contribution < -0.4 is 15.5 Å². The summed E-state index contributed by atoms with van der Waals surface area (Å²) in [4.78, 5) is 18.4. The van der Waals surface area contributed by atoms with Crippen molar-refractivity contribution in [1.82, 2.24) is 15.2 Å². The largest absolute Gasteiger partial charge is 0.377 e. The number of pyridine rings is 1. The van der Waals surface area contributed by atoms with Crippen molar-refractivity contribution in [3.8, 4) is 11.1 Å². The number of aromatic amines is 1. The van der Waals surface area contributed by atoms with Gasteiger partial charge in [-0.1, -0.05) is 12.1 Å². The number of H-pyrrole nitrogens is 1. The third-order valence-electron chi connectivity index (χ3n) is 5.12.